The van der Waals surface area contributed by atoms with Crippen molar-refractivity contribution in [1.82, 2.24) is 14.7 Å². The third-order valence-corrected chi connectivity index (χ3v) is 5.21. The van der Waals surface area contributed by atoms with Crippen LogP contribution in [-0.4, -0.2) is 34.9 Å². The SMILES string of the molecule is COc1ccc(-c2nn(CN(Cc3ccc(F)cc3)C3CC3)c(=S)o2)cc1OC. The normalized spacial score (nSPS) is 13.7. The highest BCUT2D eigenvalue weighted by Crippen LogP contribution is 2.32. The van der Waals surface area contributed by atoms with Crippen LogP contribution in [0, 0.1) is 10.7 Å². The first-order chi connectivity index (χ1) is 14.1. The number of methoxy groups -OCH3 is 2. The van der Waals surface area contributed by atoms with Gasteiger partial charge in [0.2, 0.25) is 5.89 Å². The molecule has 0 N–H and O–H groups in total. The molecular weight excluding hydrogens is 393 g/mol. The van der Waals surface area contributed by atoms with E-state index in [2.05, 4.69) is 10.00 Å². The lowest BCUT2D eigenvalue weighted by Gasteiger charge is -2.21. The van der Waals surface area contributed by atoms with E-state index in [1.165, 1.54) is 12.1 Å². The van der Waals surface area contributed by atoms with Crippen LogP contribution in [0.4, 0.5) is 4.39 Å². The Labute approximate surface area is 173 Å². The Kier molecular flexibility index (Phi) is 5.64. The Hall–Kier alpha value is -2.71. The van der Waals surface area contributed by atoms with Crippen molar-refractivity contribution in [3.8, 4) is 23.0 Å². The molecule has 29 heavy (non-hydrogen) atoms. The highest BCUT2D eigenvalue weighted by molar-refractivity contribution is 7.71. The summed E-state index contributed by atoms with van der Waals surface area (Å²) in [6.45, 7) is 1.21. The quantitative estimate of drug-likeness (QED) is 0.499. The summed E-state index contributed by atoms with van der Waals surface area (Å²) in [5.41, 5.74) is 1.80. The molecule has 152 valence electrons. The number of ether oxygens (including phenoxy) is 2. The summed E-state index contributed by atoms with van der Waals surface area (Å²) >= 11 is 5.39. The van der Waals surface area contributed by atoms with Gasteiger partial charge in [0.15, 0.2) is 11.5 Å². The van der Waals surface area contributed by atoms with Gasteiger partial charge in [0, 0.05) is 18.2 Å². The van der Waals surface area contributed by atoms with E-state index < -0.39 is 0 Å². The lowest BCUT2D eigenvalue weighted by molar-refractivity contribution is 0.184. The van der Waals surface area contributed by atoms with E-state index in [1.54, 1.807) is 31.0 Å². The topological polar surface area (TPSA) is 52.7 Å². The van der Waals surface area contributed by atoms with Crippen molar-refractivity contribution in [3.05, 3.63) is 58.7 Å². The Bertz CT molecular complexity index is 1040. The Balaban J connectivity index is 1.55. The van der Waals surface area contributed by atoms with Gasteiger partial charge in [-0.05, 0) is 61.0 Å². The molecule has 1 aliphatic carbocycles. The van der Waals surface area contributed by atoms with Crippen molar-refractivity contribution < 1.29 is 18.3 Å². The van der Waals surface area contributed by atoms with Crippen molar-refractivity contribution in [1.29, 1.82) is 0 Å². The van der Waals surface area contributed by atoms with Crippen LogP contribution in [0.5, 0.6) is 11.5 Å². The second-order valence-corrected chi connectivity index (χ2v) is 7.34. The van der Waals surface area contributed by atoms with E-state index in [1.807, 2.05) is 18.2 Å². The molecule has 0 atom stereocenters. The second-order valence-electron chi connectivity index (χ2n) is 6.99. The van der Waals surface area contributed by atoms with E-state index in [0.29, 0.717) is 41.5 Å². The number of rotatable bonds is 8. The summed E-state index contributed by atoms with van der Waals surface area (Å²) in [7, 11) is 3.17. The number of benzene rings is 2. The largest absolute Gasteiger partial charge is 0.493 e. The van der Waals surface area contributed by atoms with E-state index in [9.17, 15) is 4.39 Å². The highest BCUT2D eigenvalue weighted by atomic mass is 32.1. The predicted molar refractivity (Wildman–Crippen MR) is 109 cm³/mol. The molecule has 0 spiro atoms. The van der Waals surface area contributed by atoms with Crippen LogP contribution in [0.3, 0.4) is 0 Å². The molecule has 4 rings (SSSR count). The highest BCUT2D eigenvalue weighted by Gasteiger charge is 2.30. The third kappa shape index (κ3) is 4.49. The maximum Gasteiger partial charge on any atom is 0.288 e. The van der Waals surface area contributed by atoms with Gasteiger partial charge in [-0.15, -0.1) is 5.10 Å². The molecule has 8 heteroatoms. The van der Waals surface area contributed by atoms with Gasteiger partial charge in [-0.2, -0.15) is 0 Å². The molecule has 0 aliphatic heterocycles. The second kappa shape index (κ2) is 8.34. The van der Waals surface area contributed by atoms with E-state index >= 15 is 0 Å². The average molecular weight is 415 g/mol. The molecule has 0 saturated heterocycles. The number of halogens is 1. The molecular formula is C21H22FN3O3S. The molecule has 2 aromatic carbocycles. The smallest absolute Gasteiger partial charge is 0.288 e. The van der Waals surface area contributed by atoms with Crippen LogP contribution in [0.15, 0.2) is 46.9 Å². The van der Waals surface area contributed by atoms with E-state index in [-0.39, 0.29) is 5.82 Å². The minimum absolute atomic E-state index is 0.231. The predicted octanol–water partition coefficient (Wildman–Crippen LogP) is 4.65. The first kappa shape index (κ1) is 19.6. The Morgan fingerprint density at radius 2 is 1.86 bits per heavy atom. The number of aromatic nitrogens is 2. The number of hydrogen-bond acceptors (Lipinski definition) is 6. The van der Waals surface area contributed by atoms with Crippen LogP contribution in [0.2, 0.25) is 0 Å². The van der Waals surface area contributed by atoms with E-state index in [4.69, 9.17) is 26.1 Å². The van der Waals surface area contributed by atoms with E-state index in [0.717, 1.165) is 24.0 Å². The fraction of sp³-hybridized carbons (Fsp3) is 0.333. The monoisotopic (exact) mass is 415 g/mol. The molecule has 1 aromatic heterocycles. The molecule has 0 radical (unpaired) electrons. The van der Waals surface area contributed by atoms with Gasteiger partial charge in [0.25, 0.3) is 4.84 Å². The summed E-state index contributed by atoms with van der Waals surface area (Å²) in [5.74, 6) is 1.42. The van der Waals surface area contributed by atoms with Crippen molar-refractivity contribution in [3.63, 3.8) is 0 Å². The van der Waals surface area contributed by atoms with Gasteiger partial charge < -0.3 is 13.9 Å². The van der Waals surface area contributed by atoms with Crippen LogP contribution in [-0.2, 0) is 13.2 Å². The molecule has 1 heterocycles. The van der Waals surface area contributed by atoms with Gasteiger partial charge in [-0.1, -0.05) is 12.1 Å². The van der Waals surface area contributed by atoms with Gasteiger partial charge in [-0.3, -0.25) is 4.90 Å². The number of hydrogen-bond donors (Lipinski definition) is 0. The molecule has 0 unspecified atom stereocenters. The Morgan fingerprint density at radius 3 is 2.52 bits per heavy atom. The zero-order valence-corrected chi connectivity index (χ0v) is 17.1. The fourth-order valence-corrected chi connectivity index (χ4v) is 3.39. The minimum atomic E-state index is -0.231. The van der Waals surface area contributed by atoms with Crippen LogP contribution in [0.25, 0.3) is 11.5 Å². The molecule has 1 aliphatic rings. The van der Waals surface area contributed by atoms with Crippen LogP contribution >= 0.6 is 12.2 Å². The standard InChI is InChI=1S/C21H22FN3O3S/c1-26-18-10-5-15(11-19(18)27-2)20-23-25(21(29)28-20)13-24(17-8-9-17)12-14-3-6-16(22)7-4-14/h3-7,10-11,17H,8-9,12-13H2,1-2H3. The third-order valence-electron chi connectivity index (χ3n) is 4.91. The summed E-state index contributed by atoms with van der Waals surface area (Å²) in [6, 6.07) is 12.5. The average Bonchev–Trinajstić information content (AvgIpc) is 3.52. The van der Waals surface area contributed by atoms with Crippen molar-refractivity contribution >= 4 is 12.2 Å². The zero-order valence-electron chi connectivity index (χ0n) is 16.3. The lowest BCUT2D eigenvalue weighted by atomic mass is 10.2. The van der Waals surface area contributed by atoms with Crippen LogP contribution < -0.4 is 9.47 Å². The summed E-state index contributed by atoms with van der Waals surface area (Å²) in [6.07, 6.45) is 2.27. The molecule has 0 bridgehead atoms. The van der Waals surface area contributed by atoms with Gasteiger partial charge >= 0.3 is 0 Å². The van der Waals surface area contributed by atoms with Crippen molar-refractivity contribution in [2.75, 3.05) is 14.2 Å². The maximum atomic E-state index is 13.2. The molecule has 3 aromatic rings. The summed E-state index contributed by atoms with van der Waals surface area (Å²) < 4.78 is 31.2. The van der Waals surface area contributed by atoms with Gasteiger partial charge in [0.05, 0.1) is 20.9 Å². The van der Waals surface area contributed by atoms with Gasteiger partial charge in [-0.25, -0.2) is 9.07 Å². The van der Waals surface area contributed by atoms with Crippen molar-refractivity contribution in [2.45, 2.75) is 32.1 Å². The zero-order chi connectivity index (χ0) is 20.4. The first-order valence-electron chi connectivity index (χ1n) is 9.36. The van der Waals surface area contributed by atoms with Gasteiger partial charge in [0.1, 0.15) is 5.82 Å². The minimum Gasteiger partial charge on any atom is -0.493 e. The lowest BCUT2D eigenvalue weighted by Crippen LogP contribution is -2.28. The molecule has 6 nitrogen and oxygen atoms in total. The molecule has 1 saturated carbocycles. The number of nitrogens with zero attached hydrogens (tertiary/aromatic N) is 3. The first-order valence-corrected chi connectivity index (χ1v) is 9.77. The Morgan fingerprint density at radius 1 is 1.14 bits per heavy atom. The summed E-state index contributed by atoms with van der Waals surface area (Å²) in [4.78, 5) is 2.59. The molecule has 1 fully saturated rings. The maximum absolute atomic E-state index is 13.2. The molecule has 0 amide bonds. The van der Waals surface area contributed by atoms with Crippen molar-refractivity contribution in [2.24, 2.45) is 0 Å². The fourth-order valence-electron chi connectivity index (χ4n) is 3.21. The van der Waals surface area contributed by atoms with Crippen LogP contribution in [0.1, 0.15) is 18.4 Å². The summed E-state index contributed by atoms with van der Waals surface area (Å²) in [5, 5.41) is 4.56.